The van der Waals surface area contributed by atoms with Crippen molar-refractivity contribution in [1.82, 2.24) is 15.0 Å². The number of aliphatic hydroxyl groups is 1. The third-order valence-corrected chi connectivity index (χ3v) is 6.37. The van der Waals surface area contributed by atoms with Gasteiger partial charge in [0.2, 0.25) is 0 Å². The van der Waals surface area contributed by atoms with E-state index in [0.717, 1.165) is 6.42 Å². The molecule has 1 N–H and O–H groups in total. The molecule has 1 aromatic heterocycles. The van der Waals surface area contributed by atoms with E-state index in [4.69, 9.17) is 16.9 Å². The maximum atomic E-state index is 15.5. The Labute approximate surface area is 187 Å². The Morgan fingerprint density at radius 3 is 2.50 bits per heavy atom. The first-order chi connectivity index (χ1) is 15.4. The lowest BCUT2D eigenvalue weighted by Gasteiger charge is -2.36. The number of benzene rings is 3. The zero-order valence-electron chi connectivity index (χ0n) is 16.8. The first-order valence-corrected chi connectivity index (χ1v) is 10.5. The monoisotopic (exact) mass is 450 g/mol. The minimum absolute atomic E-state index is 0.0633. The van der Waals surface area contributed by atoms with Crippen LogP contribution >= 0.6 is 11.6 Å². The van der Waals surface area contributed by atoms with E-state index >= 15 is 4.39 Å². The van der Waals surface area contributed by atoms with Crippen LogP contribution in [-0.4, -0.2) is 25.7 Å². The number of hydrogen-bond donors (Lipinski definition) is 1. The van der Waals surface area contributed by atoms with Crippen LogP contribution in [0.15, 0.2) is 48.5 Å². The minimum atomic E-state index is -0.870. The van der Waals surface area contributed by atoms with Gasteiger partial charge in [0.1, 0.15) is 27.9 Å². The standard InChI is InChI=1S/C24H17ClF2N4O/c25-21-22(27)18(11-20-23(21)31(30-29-20)13-24(32)8-3-9-24)17-5-2-1-4-16(17)14-6-7-15(12-28)19(26)10-14/h1-2,4-7,10-11,32H,3,8-9,13H2. The number of aromatic nitrogens is 3. The molecule has 0 amide bonds. The van der Waals surface area contributed by atoms with E-state index in [-0.39, 0.29) is 22.7 Å². The quantitative estimate of drug-likeness (QED) is 0.446. The van der Waals surface area contributed by atoms with Crippen LogP contribution in [0.2, 0.25) is 5.02 Å². The highest BCUT2D eigenvalue weighted by Crippen LogP contribution is 2.40. The average molecular weight is 451 g/mol. The zero-order valence-corrected chi connectivity index (χ0v) is 17.6. The van der Waals surface area contributed by atoms with Crippen LogP contribution in [0, 0.1) is 23.0 Å². The van der Waals surface area contributed by atoms with Crippen LogP contribution in [-0.2, 0) is 6.54 Å². The minimum Gasteiger partial charge on any atom is -0.388 e. The summed E-state index contributed by atoms with van der Waals surface area (Å²) in [6, 6.07) is 14.6. The SMILES string of the molecule is N#Cc1ccc(-c2ccccc2-c2cc3nnn(CC4(O)CCC4)c3c(Cl)c2F)cc1F. The van der Waals surface area contributed by atoms with Crippen molar-refractivity contribution in [3.05, 3.63) is 70.8 Å². The largest absolute Gasteiger partial charge is 0.388 e. The van der Waals surface area contributed by atoms with Crippen molar-refractivity contribution < 1.29 is 13.9 Å². The molecule has 1 saturated carbocycles. The third kappa shape index (κ3) is 3.32. The van der Waals surface area contributed by atoms with Gasteiger partial charge in [-0.3, -0.25) is 0 Å². The van der Waals surface area contributed by atoms with Crippen LogP contribution in [0.5, 0.6) is 0 Å². The molecule has 160 valence electrons. The van der Waals surface area contributed by atoms with E-state index in [1.807, 2.05) is 0 Å². The average Bonchev–Trinajstić information content (AvgIpc) is 3.17. The van der Waals surface area contributed by atoms with Crippen molar-refractivity contribution in [3.8, 4) is 28.3 Å². The van der Waals surface area contributed by atoms with Crippen molar-refractivity contribution in [1.29, 1.82) is 5.26 Å². The summed E-state index contributed by atoms with van der Waals surface area (Å²) >= 11 is 6.43. The lowest BCUT2D eigenvalue weighted by Crippen LogP contribution is -2.41. The first-order valence-electron chi connectivity index (χ1n) is 10.1. The van der Waals surface area contributed by atoms with E-state index < -0.39 is 17.2 Å². The summed E-state index contributed by atoms with van der Waals surface area (Å²) in [6.07, 6.45) is 2.24. The van der Waals surface area contributed by atoms with Crippen molar-refractivity contribution >= 4 is 22.6 Å². The Hall–Kier alpha value is -3.34. The molecule has 0 unspecified atom stereocenters. The second-order valence-corrected chi connectivity index (χ2v) is 8.47. The van der Waals surface area contributed by atoms with E-state index in [9.17, 15) is 9.50 Å². The molecule has 4 aromatic rings. The molecule has 32 heavy (non-hydrogen) atoms. The van der Waals surface area contributed by atoms with Crippen LogP contribution in [0.4, 0.5) is 8.78 Å². The number of fused-ring (bicyclic) bond motifs is 1. The smallest absolute Gasteiger partial charge is 0.151 e. The molecule has 8 heteroatoms. The highest BCUT2D eigenvalue weighted by atomic mass is 35.5. The van der Waals surface area contributed by atoms with Crippen LogP contribution in [0.25, 0.3) is 33.3 Å². The Morgan fingerprint density at radius 2 is 1.84 bits per heavy atom. The summed E-state index contributed by atoms with van der Waals surface area (Å²) in [5.74, 6) is -1.30. The summed E-state index contributed by atoms with van der Waals surface area (Å²) in [5.41, 5.74) is 1.59. The molecule has 0 atom stereocenters. The van der Waals surface area contributed by atoms with Crippen LogP contribution in [0.1, 0.15) is 24.8 Å². The van der Waals surface area contributed by atoms with E-state index in [0.29, 0.717) is 40.6 Å². The number of nitriles is 1. The summed E-state index contributed by atoms with van der Waals surface area (Å²) < 4.78 is 31.2. The second kappa shape index (κ2) is 7.66. The van der Waals surface area contributed by atoms with Crippen molar-refractivity contribution in [2.24, 2.45) is 0 Å². The van der Waals surface area contributed by atoms with E-state index in [2.05, 4.69) is 10.3 Å². The van der Waals surface area contributed by atoms with Gasteiger partial charge in [0, 0.05) is 5.56 Å². The fourth-order valence-electron chi connectivity index (χ4n) is 4.14. The number of hydrogen-bond acceptors (Lipinski definition) is 4. The molecule has 3 aromatic carbocycles. The fourth-order valence-corrected chi connectivity index (χ4v) is 4.44. The van der Waals surface area contributed by atoms with Gasteiger partial charge in [0.05, 0.1) is 17.7 Å². The van der Waals surface area contributed by atoms with Gasteiger partial charge in [-0.05, 0) is 54.2 Å². The maximum Gasteiger partial charge on any atom is 0.151 e. The number of rotatable bonds is 4. The molecule has 1 fully saturated rings. The zero-order chi connectivity index (χ0) is 22.5. The lowest BCUT2D eigenvalue weighted by molar-refractivity contribution is -0.0492. The molecule has 5 nitrogen and oxygen atoms in total. The molecule has 5 rings (SSSR count). The highest BCUT2D eigenvalue weighted by Gasteiger charge is 2.36. The van der Waals surface area contributed by atoms with Gasteiger partial charge < -0.3 is 5.11 Å². The van der Waals surface area contributed by atoms with Gasteiger partial charge in [-0.15, -0.1) is 5.10 Å². The van der Waals surface area contributed by atoms with Crippen LogP contribution < -0.4 is 0 Å². The molecule has 0 radical (unpaired) electrons. The molecule has 1 aliphatic carbocycles. The van der Waals surface area contributed by atoms with Gasteiger partial charge >= 0.3 is 0 Å². The molecule has 0 saturated heterocycles. The number of nitrogens with zero attached hydrogens (tertiary/aromatic N) is 4. The van der Waals surface area contributed by atoms with Crippen molar-refractivity contribution in [3.63, 3.8) is 0 Å². The molecule has 0 aliphatic heterocycles. The van der Waals surface area contributed by atoms with Gasteiger partial charge in [-0.1, -0.05) is 47.1 Å². The molecule has 1 heterocycles. The second-order valence-electron chi connectivity index (χ2n) is 8.10. The summed E-state index contributed by atoms with van der Waals surface area (Å²) in [4.78, 5) is 0. The molecule has 0 bridgehead atoms. The van der Waals surface area contributed by atoms with Gasteiger partial charge in [0.15, 0.2) is 5.82 Å². The molecule has 1 aliphatic rings. The van der Waals surface area contributed by atoms with Crippen LogP contribution in [0.3, 0.4) is 0 Å². The summed E-state index contributed by atoms with van der Waals surface area (Å²) in [7, 11) is 0. The van der Waals surface area contributed by atoms with Crippen molar-refractivity contribution in [2.75, 3.05) is 0 Å². The van der Waals surface area contributed by atoms with E-state index in [1.54, 1.807) is 42.5 Å². The predicted molar refractivity (Wildman–Crippen MR) is 117 cm³/mol. The Morgan fingerprint density at radius 1 is 1.09 bits per heavy atom. The first kappa shape index (κ1) is 20.6. The fraction of sp³-hybridized carbons (Fsp3) is 0.208. The number of halogens is 3. The Kier molecular flexibility index (Phi) is 4.92. The van der Waals surface area contributed by atoms with Crippen molar-refractivity contribution in [2.45, 2.75) is 31.4 Å². The van der Waals surface area contributed by atoms with Gasteiger partial charge in [-0.25, -0.2) is 13.5 Å². The molecular formula is C24H17ClF2N4O. The lowest BCUT2D eigenvalue weighted by atomic mass is 9.80. The normalized spacial score (nSPS) is 14.8. The Bertz CT molecular complexity index is 1410. The Balaban J connectivity index is 1.64. The third-order valence-electron chi connectivity index (χ3n) is 6.03. The topological polar surface area (TPSA) is 74.7 Å². The summed E-state index contributed by atoms with van der Waals surface area (Å²) in [6.45, 7) is 0.198. The highest BCUT2D eigenvalue weighted by molar-refractivity contribution is 6.35. The maximum absolute atomic E-state index is 15.5. The molecular weight excluding hydrogens is 434 g/mol. The van der Waals surface area contributed by atoms with Gasteiger partial charge in [-0.2, -0.15) is 5.26 Å². The van der Waals surface area contributed by atoms with Gasteiger partial charge in [0.25, 0.3) is 0 Å². The molecule has 0 spiro atoms. The van der Waals surface area contributed by atoms with E-state index in [1.165, 1.54) is 16.8 Å². The predicted octanol–water partition coefficient (Wildman–Crippen LogP) is 5.48. The summed E-state index contributed by atoms with van der Waals surface area (Å²) in [5, 5.41) is 27.6.